The van der Waals surface area contributed by atoms with Crippen LogP contribution in [0.3, 0.4) is 0 Å². The number of fused-ring (bicyclic) bond motifs is 2. The molecule has 0 radical (unpaired) electrons. The largest absolute Gasteiger partial charge is 0.365 e. The Bertz CT molecular complexity index is 1130. The quantitative estimate of drug-likeness (QED) is 0.649. The third-order valence-corrected chi connectivity index (χ3v) is 5.69. The molecule has 2 atom stereocenters. The molecule has 146 valence electrons. The molecular formula is C22H17ClFN3O2. The SMILES string of the molecule is O=C(Nc1ccc(-c2ccccc2F)c(Cl)c1)C1=C(c2ccn[nH]2)[C@@H]2CC[C@@H]1O2. The summed E-state index contributed by atoms with van der Waals surface area (Å²) in [4.78, 5) is 13.0. The highest BCUT2D eigenvalue weighted by molar-refractivity contribution is 6.33. The third kappa shape index (κ3) is 3.14. The van der Waals surface area contributed by atoms with Gasteiger partial charge >= 0.3 is 0 Å². The van der Waals surface area contributed by atoms with E-state index in [9.17, 15) is 9.18 Å². The van der Waals surface area contributed by atoms with E-state index in [0.717, 1.165) is 24.1 Å². The fourth-order valence-electron chi connectivity index (χ4n) is 4.09. The molecule has 1 aromatic heterocycles. The van der Waals surface area contributed by atoms with Crippen molar-refractivity contribution in [1.29, 1.82) is 0 Å². The Balaban J connectivity index is 1.44. The summed E-state index contributed by atoms with van der Waals surface area (Å²) >= 11 is 6.38. The molecule has 1 saturated heterocycles. The second-order valence-electron chi connectivity index (χ2n) is 7.12. The minimum Gasteiger partial charge on any atom is -0.365 e. The first kappa shape index (κ1) is 18.1. The Morgan fingerprint density at radius 2 is 1.97 bits per heavy atom. The number of benzene rings is 2. The number of hydrogen-bond acceptors (Lipinski definition) is 3. The number of ether oxygens (including phenoxy) is 1. The van der Waals surface area contributed by atoms with Crippen LogP contribution < -0.4 is 5.32 Å². The molecular weight excluding hydrogens is 393 g/mol. The van der Waals surface area contributed by atoms with Crippen LogP contribution in [0.5, 0.6) is 0 Å². The number of H-pyrrole nitrogens is 1. The van der Waals surface area contributed by atoms with Crippen LogP contribution >= 0.6 is 11.6 Å². The van der Waals surface area contributed by atoms with Crippen molar-refractivity contribution in [1.82, 2.24) is 10.2 Å². The van der Waals surface area contributed by atoms with Crippen molar-refractivity contribution in [2.45, 2.75) is 25.0 Å². The zero-order valence-electron chi connectivity index (χ0n) is 15.3. The van der Waals surface area contributed by atoms with E-state index in [0.29, 0.717) is 27.4 Å². The second-order valence-corrected chi connectivity index (χ2v) is 7.52. The predicted molar refractivity (Wildman–Crippen MR) is 109 cm³/mol. The highest BCUT2D eigenvalue weighted by Gasteiger charge is 2.44. The van der Waals surface area contributed by atoms with Gasteiger partial charge in [-0.05, 0) is 37.1 Å². The molecule has 2 aliphatic heterocycles. The van der Waals surface area contributed by atoms with E-state index in [1.165, 1.54) is 6.07 Å². The molecule has 2 aromatic carbocycles. The fraction of sp³-hybridized carbons (Fsp3) is 0.182. The first-order valence-corrected chi connectivity index (χ1v) is 9.74. The molecule has 7 heteroatoms. The maximum atomic E-state index is 14.1. The number of nitrogens with zero attached hydrogens (tertiary/aromatic N) is 1. The lowest BCUT2D eigenvalue weighted by Gasteiger charge is -2.16. The molecule has 1 fully saturated rings. The Morgan fingerprint density at radius 3 is 2.72 bits per heavy atom. The summed E-state index contributed by atoms with van der Waals surface area (Å²) in [6, 6.07) is 13.3. The van der Waals surface area contributed by atoms with E-state index < -0.39 is 0 Å². The maximum Gasteiger partial charge on any atom is 0.254 e. The standard InChI is InChI=1S/C22H17ClFN3O2/c23-15-11-12(5-6-13(15)14-3-1-2-4-16(14)24)26-22(28)21-19-8-7-18(29-19)20(21)17-9-10-25-27-17/h1-6,9-11,18-19H,7-8H2,(H,25,27)(H,26,28)/t18-,19-/m0/s1. The molecule has 2 bridgehead atoms. The minimum atomic E-state index is -0.348. The smallest absolute Gasteiger partial charge is 0.254 e. The van der Waals surface area contributed by atoms with Gasteiger partial charge in [0.25, 0.3) is 5.91 Å². The van der Waals surface area contributed by atoms with Gasteiger partial charge in [0.05, 0.1) is 28.5 Å². The van der Waals surface area contributed by atoms with Crippen molar-refractivity contribution in [2.75, 3.05) is 5.32 Å². The van der Waals surface area contributed by atoms with Crippen LogP contribution in [-0.2, 0) is 9.53 Å². The highest BCUT2D eigenvalue weighted by Crippen LogP contribution is 2.44. The summed E-state index contributed by atoms with van der Waals surface area (Å²) in [6.45, 7) is 0. The number of anilines is 1. The molecule has 1 amide bonds. The monoisotopic (exact) mass is 409 g/mol. The van der Waals surface area contributed by atoms with Gasteiger partial charge in [0.2, 0.25) is 0 Å². The van der Waals surface area contributed by atoms with Crippen molar-refractivity contribution in [2.24, 2.45) is 0 Å². The van der Waals surface area contributed by atoms with Gasteiger partial charge in [0.15, 0.2) is 0 Å². The number of aromatic nitrogens is 2. The number of rotatable bonds is 4. The average molecular weight is 410 g/mol. The van der Waals surface area contributed by atoms with Crippen molar-refractivity contribution in [3.05, 3.63) is 76.8 Å². The van der Waals surface area contributed by atoms with Crippen LogP contribution in [0.4, 0.5) is 10.1 Å². The van der Waals surface area contributed by atoms with E-state index in [1.54, 1.807) is 42.6 Å². The summed E-state index contributed by atoms with van der Waals surface area (Å²) in [5, 5.41) is 10.2. The third-order valence-electron chi connectivity index (χ3n) is 5.38. The Morgan fingerprint density at radius 1 is 1.14 bits per heavy atom. The molecule has 0 aliphatic carbocycles. The summed E-state index contributed by atoms with van der Waals surface area (Å²) in [6.07, 6.45) is 3.06. The number of halogens is 2. The lowest BCUT2D eigenvalue weighted by atomic mass is 9.89. The van der Waals surface area contributed by atoms with E-state index in [2.05, 4.69) is 15.5 Å². The van der Waals surface area contributed by atoms with Gasteiger partial charge in [-0.3, -0.25) is 9.89 Å². The molecule has 5 nitrogen and oxygen atoms in total. The van der Waals surface area contributed by atoms with Crippen LogP contribution in [-0.4, -0.2) is 28.3 Å². The molecule has 29 heavy (non-hydrogen) atoms. The van der Waals surface area contributed by atoms with Crippen LogP contribution in [0.15, 0.2) is 60.3 Å². The fourth-order valence-corrected chi connectivity index (χ4v) is 4.37. The van der Waals surface area contributed by atoms with Crippen molar-refractivity contribution >= 4 is 28.8 Å². The molecule has 3 heterocycles. The van der Waals surface area contributed by atoms with Gasteiger partial charge in [-0.15, -0.1) is 0 Å². The van der Waals surface area contributed by atoms with E-state index in [1.807, 2.05) is 6.07 Å². The Hall–Kier alpha value is -2.96. The number of aromatic amines is 1. The molecule has 0 unspecified atom stereocenters. The second kappa shape index (κ2) is 7.13. The summed E-state index contributed by atoms with van der Waals surface area (Å²) in [7, 11) is 0. The van der Waals surface area contributed by atoms with E-state index in [-0.39, 0.29) is 23.9 Å². The lowest BCUT2D eigenvalue weighted by molar-refractivity contribution is -0.113. The summed E-state index contributed by atoms with van der Waals surface area (Å²) in [5.74, 6) is -0.573. The van der Waals surface area contributed by atoms with Crippen LogP contribution in [0, 0.1) is 5.82 Å². The number of carbonyl (C=O) groups excluding carboxylic acids is 1. The zero-order valence-corrected chi connectivity index (χ0v) is 16.0. The zero-order chi connectivity index (χ0) is 20.0. The van der Waals surface area contributed by atoms with Crippen molar-refractivity contribution < 1.29 is 13.9 Å². The van der Waals surface area contributed by atoms with Crippen LogP contribution in [0.2, 0.25) is 5.02 Å². The summed E-state index contributed by atoms with van der Waals surface area (Å²) in [5.41, 5.74) is 3.82. The molecule has 0 spiro atoms. The van der Waals surface area contributed by atoms with Crippen molar-refractivity contribution in [3.63, 3.8) is 0 Å². The van der Waals surface area contributed by atoms with Gasteiger partial charge in [-0.2, -0.15) is 5.10 Å². The first-order chi connectivity index (χ1) is 14.1. The molecule has 2 aliphatic rings. The summed E-state index contributed by atoms with van der Waals surface area (Å²) < 4.78 is 20.0. The highest BCUT2D eigenvalue weighted by atomic mass is 35.5. The predicted octanol–water partition coefficient (Wildman–Crippen LogP) is 4.82. The van der Waals surface area contributed by atoms with Gasteiger partial charge < -0.3 is 10.1 Å². The normalized spacial score (nSPS) is 20.3. The van der Waals surface area contributed by atoms with Gasteiger partial charge in [-0.1, -0.05) is 35.9 Å². The van der Waals surface area contributed by atoms with Crippen LogP contribution in [0.25, 0.3) is 16.7 Å². The Labute approximate surface area is 171 Å². The van der Waals surface area contributed by atoms with E-state index >= 15 is 0 Å². The maximum absolute atomic E-state index is 14.1. The first-order valence-electron chi connectivity index (χ1n) is 9.37. The van der Waals surface area contributed by atoms with Crippen LogP contribution in [0.1, 0.15) is 18.5 Å². The average Bonchev–Trinajstić information content (AvgIpc) is 3.46. The molecule has 3 aromatic rings. The number of carbonyl (C=O) groups is 1. The molecule has 5 rings (SSSR count). The molecule has 2 N–H and O–H groups in total. The lowest BCUT2D eigenvalue weighted by Crippen LogP contribution is -2.23. The minimum absolute atomic E-state index is 0.0896. The number of nitrogens with one attached hydrogen (secondary N) is 2. The van der Waals surface area contributed by atoms with Gasteiger partial charge in [0.1, 0.15) is 5.82 Å². The van der Waals surface area contributed by atoms with Crippen molar-refractivity contribution in [3.8, 4) is 11.1 Å². The topological polar surface area (TPSA) is 67.0 Å². The molecule has 0 saturated carbocycles. The van der Waals surface area contributed by atoms with Gasteiger partial charge in [-0.25, -0.2) is 4.39 Å². The Kier molecular flexibility index (Phi) is 4.45. The van der Waals surface area contributed by atoms with Gasteiger partial charge in [0, 0.05) is 28.6 Å². The number of amides is 1. The number of hydrogen-bond donors (Lipinski definition) is 2. The van der Waals surface area contributed by atoms with E-state index in [4.69, 9.17) is 16.3 Å².